The van der Waals surface area contributed by atoms with Gasteiger partial charge in [-0.15, -0.1) is 0 Å². The number of hydrogen-bond acceptors (Lipinski definition) is 7. The van der Waals surface area contributed by atoms with Crippen molar-refractivity contribution in [3.63, 3.8) is 0 Å². The Labute approximate surface area is 257 Å². The number of ether oxygens (including phenoxy) is 3. The van der Waals surface area contributed by atoms with Crippen LogP contribution in [0.2, 0.25) is 0 Å². The van der Waals surface area contributed by atoms with Crippen LogP contribution in [0.25, 0.3) is 0 Å². The minimum atomic E-state index is 0.391. The van der Waals surface area contributed by atoms with Gasteiger partial charge in [-0.1, -0.05) is 36.4 Å². The molecule has 8 nitrogen and oxygen atoms in total. The lowest BCUT2D eigenvalue weighted by Crippen LogP contribution is -2.31. The summed E-state index contributed by atoms with van der Waals surface area (Å²) in [5.74, 6) is 3.11. The van der Waals surface area contributed by atoms with Crippen molar-refractivity contribution in [3.05, 3.63) is 108 Å². The second-order valence-electron chi connectivity index (χ2n) is 9.65. The maximum atomic E-state index is 6.09. The lowest BCUT2D eigenvalue weighted by Gasteiger charge is -2.18. The molecule has 1 saturated heterocycles. The van der Waals surface area contributed by atoms with Gasteiger partial charge in [0.05, 0.1) is 44.1 Å². The summed E-state index contributed by atoms with van der Waals surface area (Å²) >= 11 is 6.09. The molecule has 0 amide bonds. The smallest absolute Gasteiger partial charge is 0.209 e. The first-order valence-corrected chi connectivity index (χ1v) is 14.3. The van der Waals surface area contributed by atoms with Crippen molar-refractivity contribution in [3.8, 4) is 17.2 Å². The van der Waals surface area contributed by atoms with Crippen LogP contribution >= 0.6 is 12.2 Å². The number of amidine groups is 2. The zero-order valence-electron chi connectivity index (χ0n) is 24.8. The predicted octanol–water partition coefficient (Wildman–Crippen LogP) is 7.62. The Kier molecular flexibility index (Phi) is 9.12. The van der Waals surface area contributed by atoms with Crippen molar-refractivity contribution in [1.82, 2.24) is 5.01 Å². The number of hydrazone groups is 1. The van der Waals surface area contributed by atoms with Crippen LogP contribution in [0, 0.1) is 13.8 Å². The van der Waals surface area contributed by atoms with Gasteiger partial charge < -0.3 is 14.2 Å². The van der Waals surface area contributed by atoms with Gasteiger partial charge in [0.25, 0.3) is 0 Å². The fourth-order valence-corrected chi connectivity index (χ4v) is 4.85. The molecule has 43 heavy (non-hydrogen) atoms. The molecule has 0 spiro atoms. The van der Waals surface area contributed by atoms with Crippen LogP contribution in [0.5, 0.6) is 17.2 Å². The fraction of sp³-hybridized carbons (Fsp3) is 0.176. The summed E-state index contributed by atoms with van der Waals surface area (Å²) in [5, 5.41) is 6.88. The Bertz CT molecular complexity index is 1720. The Morgan fingerprint density at radius 3 is 1.93 bits per heavy atom. The van der Waals surface area contributed by atoms with E-state index >= 15 is 0 Å². The molecule has 0 N–H and O–H groups in total. The quantitative estimate of drug-likeness (QED) is 0.147. The highest BCUT2D eigenvalue weighted by molar-refractivity contribution is 7.80. The summed E-state index contributed by atoms with van der Waals surface area (Å²) in [6.07, 6.45) is 1.69. The number of aliphatic imine (C=N–C) groups is 2. The Morgan fingerprint density at radius 2 is 1.35 bits per heavy atom. The van der Waals surface area contributed by atoms with E-state index in [0.29, 0.717) is 34.9 Å². The SMILES string of the molecule is CCOc1ccc(N2C(=S)N(/N=C\c3cc(OC)ccc3OC)C(=Nc3ccccc3C)C2=Nc2ccccc2C)cc1. The number of hydrogen-bond donors (Lipinski definition) is 0. The third-order valence-corrected chi connectivity index (χ3v) is 7.18. The van der Waals surface area contributed by atoms with Crippen LogP contribution in [0.4, 0.5) is 17.1 Å². The molecule has 9 heteroatoms. The van der Waals surface area contributed by atoms with Crippen LogP contribution in [0.3, 0.4) is 0 Å². The van der Waals surface area contributed by atoms with E-state index in [2.05, 4.69) is 0 Å². The third-order valence-electron chi connectivity index (χ3n) is 6.82. The molecule has 5 rings (SSSR count). The number of thiocarbonyl (C=S) groups is 1. The Balaban J connectivity index is 1.71. The number of anilines is 1. The third kappa shape index (κ3) is 6.42. The predicted molar refractivity (Wildman–Crippen MR) is 178 cm³/mol. The summed E-state index contributed by atoms with van der Waals surface area (Å²) in [4.78, 5) is 12.1. The zero-order valence-corrected chi connectivity index (χ0v) is 25.6. The molecule has 4 aromatic rings. The van der Waals surface area contributed by atoms with E-state index in [4.69, 9.17) is 41.5 Å². The minimum Gasteiger partial charge on any atom is -0.497 e. The topological polar surface area (TPSA) is 71.2 Å². The molecule has 218 valence electrons. The van der Waals surface area contributed by atoms with Crippen molar-refractivity contribution < 1.29 is 14.2 Å². The number of para-hydroxylation sites is 2. The number of methoxy groups -OCH3 is 2. The van der Waals surface area contributed by atoms with E-state index < -0.39 is 0 Å². The van der Waals surface area contributed by atoms with Crippen molar-refractivity contribution in [2.75, 3.05) is 25.7 Å². The second kappa shape index (κ2) is 13.3. The van der Waals surface area contributed by atoms with Gasteiger partial charge in [-0.05, 0) is 98.7 Å². The first-order chi connectivity index (χ1) is 20.9. The van der Waals surface area contributed by atoms with E-state index in [1.807, 2.05) is 117 Å². The van der Waals surface area contributed by atoms with E-state index in [-0.39, 0.29) is 0 Å². The fourth-order valence-electron chi connectivity index (χ4n) is 4.53. The number of aryl methyl sites for hydroxylation is 2. The molecule has 0 unspecified atom stereocenters. The van der Waals surface area contributed by atoms with E-state index in [1.165, 1.54) is 0 Å². The van der Waals surface area contributed by atoms with Crippen molar-refractivity contribution >= 4 is 52.3 Å². The molecule has 1 fully saturated rings. The van der Waals surface area contributed by atoms with Crippen LogP contribution < -0.4 is 19.1 Å². The highest BCUT2D eigenvalue weighted by Crippen LogP contribution is 2.31. The standard InChI is InChI=1S/C34H33N5O3S/c1-6-42-27-17-15-26(16-18-27)38-32(36-29-13-9-7-11-23(29)2)33(37-30-14-10-8-12-24(30)3)39(34(38)43)35-22-25-21-28(40-4)19-20-31(25)41-5/h7-22H,6H2,1-5H3/b35-22-,36-32?,37-33?. The molecule has 0 aromatic heterocycles. The maximum absolute atomic E-state index is 6.09. The summed E-state index contributed by atoms with van der Waals surface area (Å²) in [6.45, 7) is 6.57. The summed E-state index contributed by atoms with van der Waals surface area (Å²) < 4.78 is 16.7. The summed E-state index contributed by atoms with van der Waals surface area (Å²) in [7, 11) is 3.24. The molecule has 0 aliphatic carbocycles. The highest BCUT2D eigenvalue weighted by atomic mass is 32.1. The van der Waals surface area contributed by atoms with Gasteiger partial charge in [0, 0.05) is 5.56 Å². The van der Waals surface area contributed by atoms with E-state index in [0.717, 1.165) is 39.5 Å². The number of rotatable bonds is 9. The molecule has 0 atom stereocenters. The second-order valence-corrected chi connectivity index (χ2v) is 10.0. The van der Waals surface area contributed by atoms with Gasteiger partial charge in [0.2, 0.25) is 10.9 Å². The van der Waals surface area contributed by atoms with Gasteiger partial charge in [-0.25, -0.2) is 9.98 Å². The molecule has 0 radical (unpaired) electrons. The van der Waals surface area contributed by atoms with E-state index in [1.54, 1.807) is 25.4 Å². The van der Waals surface area contributed by atoms with Crippen LogP contribution in [-0.4, -0.2) is 48.8 Å². The molecular formula is C34H33N5O3S. The molecule has 1 aliphatic heterocycles. The molecule has 0 bridgehead atoms. The molecule has 0 saturated carbocycles. The Hall–Kier alpha value is -5.02. The van der Waals surface area contributed by atoms with E-state index in [9.17, 15) is 0 Å². The average Bonchev–Trinajstić information content (AvgIpc) is 3.27. The molecule has 4 aromatic carbocycles. The first kappa shape index (κ1) is 29.5. The number of nitrogens with zero attached hydrogens (tertiary/aromatic N) is 5. The van der Waals surface area contributed by atoms with Gasteiger partial charge in [0.1, 0.15) is 17.2 Å². The summed E-state index contributed by atoms with van der Waals surface area (Å²) in [5.41, 5.74) is 5.13. The molecular weight excluding hydrogens is 558 g/mol. The monoisotopic (exact) mass is 591 g/mol. The van der Waals surface area contributed by atoms with Crippen LogP contribution in [-0.2, 0) is 0 Å². The van der Waals surface area contributed by atoms with Gasteiger partial charge in [-0.2, -0.15) is 10.1 Å². The normalized spacial score (nSPS) is 15.1. The largest absolute Gasteiger partial charge is 0.497 e. The van der Waals surface area contributed by atoms with Crippen molar-refractivity contribution in [1.29, 1.82) is 0 Å². The number of benzene rings is 4. The van der Waals surface area contributed by atoms with Crippen molar-refractivity contribution in [2.45, 2.75) is 20.8 Å². The van der Waals surface area contributed by atoms with Crippen molar-refractivity contribution in [2.24, 2.45) is 15.1 Å². The van der Waals surface area contributed by atoms with Gasteiger partial charge in [0.15, 0.2) is 5.84 Å². The first-order valence-electron chi connectivity index (χ1n) is 13.9. The lowest BCUT2D eigenvalue weighted by molar-refractivity contribution is 0.340. The minimum absolute atomic E-state index is 0.391. The average molecular weight is 592 g/mol. The highest BCUT2D eigenvalue weighted by Gasteiger charge is 2.39. The van der Waals surface area contributed by atoms with Crippen LogP contribution in [0.1, 0.15) is 23.6 Å². The van der Waals surface area contributed by atoms with Gasteiger partial charge >= 0.3 is 0 Å². The molecule has 1 aliphatic rings. The summed E-state index contributed by atoms with van der Waals surface area (Å²) in [6, 6.07) is 29.1. The van der Waals surface area contributed by atoms with Crippen LogP contribution in [0.15, 0.2) is 106 Å². The van der Waals surface area contributed by atoms with Gasteiger partial charge in [-0.3, -0.25) is 4.90 Å². The zero-order chi connectivity index (χ0) is 30.3. The maximum Gasteiger partial charge on any atom is 0.209 e. The molecule has 1 heterocycles. The Morgan fingerprint density at radius 1 is 0.744 bits per heavy atom. The lowest BCUT2D eigenvalue weighted by atomic mass is 10.2.